The number of methoxy groups -OCH3 is 1. The number of halogens is 1. The van der Waals surface area contributed by atoms with Crippen molar-refractivity contribution in [3.63, 3.8) is 0 Å². The number of benzene rings is 2. The number of nitrogens with one attached hydrogen (secondary N) is 2. The molecule has 132 valence electrons. The molecule has 26 heavy (non-hydrogen) atoms. The molecule has 0 aliphatic heterocycles. The number of amides is 1. The Labute approximate surface area is 157 Å². The van der Waals surface area contributed by atoms with Gasteiger partial charge in [0.05, 0.1) is 24.7 Å². The lowest BCUT2D eigenvalue weighted by molar-refractivity contribution is 0.102. The lowest BCUT2D eigenvalue weighted by atomic mass is 10.2. The minimum absolute atomic E-state index is 0.263. The Bertz CT molecular complexity index is 909. The number of nitrogens with zero attached hydrogens (tertiary/aromatic N) is 1. The third kappa shape index (κ3) is 4.32. The van der Waals surface area contributed by atoms with Crippen LogP contribution < -0.4 is 15.4 Å². The molecule has 1 aromatic heterocycles. The minimum atomic E-state index is -0.263. The molecule has 0 aliphatic rings. The second-order valence-corrected chi connectivity index (χ2v) is 6.16. The predicted octanol–water partition coefficient (Wildman–Crippen LogP) is 5.05. The number of aromatic nitrogens is 1. The lowest BCUT2D eigenvalue weighted by Crippen LogP contribution is -2.13. The highest BCUT2D eigenvalue weighted by atomic mass is 35.5. The molecule has 6 heteroatoms. The fourth-order valence-electron chi connectivity index (χ4n) is 2.37. The highest BCUT2D eigenvalue weighted by molar-refractivity contribution is 6.31. The molecule has 5 nitrogen and oxygen atoms in total. The second kappa shape index (κ2) is 7.89. The molecule has 2 aromatic carbocycles. The van der Waals surface area contributed by atoms with Crippen LogP contribution in [0.1, 0.15) is 16.1 Å². The van der Waals surface area contributed by atoms with Gasteiger partial charge in [-0.05, 0) is 49.4 Å². The Morgan fingerprint density at radius 2 is 1.77 bits per heavy atom. The molecule has 0 saturated carbocycles. The van der Waals surface area contributed by atoms with E-state index in [2.05, 4.69) is 15.6 Å². The number of anilines is 3. The van der Waals surface area contributed by atoms with Crippen LogP contribution in [-0.4, -0.2) is 18.0 Å². The largest absolute Gasteiger partial charge is 0.495 e. The van der Waals surface area contributed by atoms with Crippen molar-refractivity contribution in [3.05, 3.63) is 77.1 Å². The summed E-state index contributed by atoms with van der Waals surface area (Å²) in [5, 5.41) is 6.60. The third-order valence-corrected chi connectivity index (χ3v) is 3.98. The third-order valence-electron chi connectivity index (χ3n) is 3.75. The first kappa shape index (κ1) is 17.8. The molecular formula is C20H18ClN3O2. The average Bonchev–Trinajstić information content (AvgIpc) is 2.64. The molecule has 0 unspecified atom stereocenters. The number of carbonyl (C=O) groups excluding carboxylic acids is 1. The number of aryl methyl sites for hydroxylation is 1. The summed E-state index contributed by atoms with van der Waals surface area (Å²) in [6.07, 6.45) is 1.59. The van der Waals surface area contributed by atoms with E-state index in [0.29, 0.717) is 16.5 Å². The van der Waals surface area contributed by atoms with Gasteiger partial charge >= 0.3 is 0 Å². The van der Waals surface area contributed by atoms with Gasteiger partial charge in [-0.1, -0.05) is 29.3 Å². The van der Waals surface area contributed by atoms with E-state index in [1.807, 2.05) is 31.2 Å². The van der Waals surface area contributed by atoms with E-state index in [9.17, 15) is 4.79 Å². The first-order valence-electron chi connectivity index (χ1n) is 8.00. The predicted molar refractivity (Wildman–Crippen MR) is 105 cm³/mol. The molecule has 0 spiro atoms. The first-order chi connectivity index (χ1) is 12.5. The highest BCUT2D eigenvalue weighted by Crippen LogP contribution is 2.30. The van der Waals surface area contributed by atoms with Crippen molar-refractivity contribution in [2.45, 2.75) is 6.92 Å². The standard InChI is InChI=1S/C20H18ClN3O2/c1-13-3-6-15(7-4-13)24-20(25)17-9-8-16(12-22-17)23-18-11-14(21)5-10-19(18)26-2/h3-12,23H,1-2H3,(H,24,25). The van der Waals surface area contributed by atoms with E-state index in [4.69, 9.17) is 16.3 Å². The molecule has 0 atom stereocenters. The highest BCUT2D eigenvalue weighted by Gasteiger charge is 2.09. The van der Waals surface area contributed by atoms with Crippen LogP contribution in [-0.2, 0) is 0 Å². The zero-order chi connectivity index (χ0) is 18.5. The zero-order valence-corrected chi connectivity index (χ0v) is 15.2. The molecule has 1 heterocycles. The van der Waals surface area contributed by atoms with Crippen molar-refractivity contribution in [1.29, 1.82) is 0 Å². The smallest absolute Gasteiger partial charge is 0.274 e. The molecule has 0 bridgehead atoms. The van der Waals surface area contributed by atoms with E-state index in [0.717, 1.165) is 22.6 Å². The SMILES string of the molecule is COc1ccc(Cl)cc1Nc1ccc(C(=O)Nc2ccc(C)cc2)nc1. The number of rotatable bonds is 5. The van der Waals surface area contributed by atoms with Gasteiger partial charge in [-0.2, -0.15) is 0 Å². The summed E-state index contributed by atoms with van der Waals surface area (Å²) < 4.78 is 5.30. The van der Waals surface area contributed by atoms with Gasteiger partial charge in [0.1, 0.15) is 11.4 Å². The molecule has 0 fully saturated rings. The van der Waals surface area contributed by atoms with Gasteiger partial charge < -0.3 is 15.4 Å². The van der Waals surface area contributed by atoms with Crippen LogP contribution in [0.3, 0.4) is 0 Å². The molecule has 2 N–H and O–H groups in total. The molecule has 3 aromatic rings. The van der Waals surface area contributed by atoms with Crippen molar-refractivity contribution >= 4 is 34.6 Å². The molecule has 1 amide bonds. The van der Waals surface area contributed by atoms with Crippen LogP contribution in [0.15, 0.2) is 60.8 Å². The maximum Gasteiger partial charge on any atom is 0.274 e. The quantitative estimate of drug-likeness (QED) is 0.662. The summed E-state index contributed by atoms with van der Waals surface area (Å²) in [4.78, 5) is 16.5. The van der Waals surface area contributed by atoms with Crippen LogP contribution in [0.4, 0.5) is 17.1 Å². The summed E-state index contributed by atoms with van der Waals surface area (Å²) in [5.41, 5.74) is 3.63. The van der Waals surface area contributed by atoms with E-state index >= 15 is 0 Å². The van der Waals surface area contributed by atoms with Crippen molar-refractivity contribution in [2.75, 3.05) is 17.7 Å². The lowest BCUT2D eigenvalue weighted by Gasteiger charge is -2.11. The average molecular weight is 368 g/mol. The maximum atomic E-state index is 12.3. The topological polar surface area (TPSA) is 63.2 Å². The van der Waals surface area contributed by atoms with Crippen molar-refractivity contribution in [3.8, 4) is 5.75 Å². The zero-order valence-electron chi connectivity index (χ0n) is 14.4. The van der Waals surface area contributed by atoms with Crippen LogP contribution in [0.25, 0.3) is 0 Å². The molecule has 0 saturated heterocycles. The van der Waals surface area contributed by atoms with E-state index < -0.39 is 0 Å². The summed E-state index contributed by atoms with van der Waals surface area (Å²) in [6, 6.07) is 16.3. The second-order valence-electron chi connectivity index (χ2n) is 5.72. The first-order valence-corrected chi connectivity index (χ1v) is 8.37. The fourth-order valence-corrected chi connectivity index (χ4v) is 2.54. The summed E-state index contributed by atoms with van der Waals surface area (Å²) in [7, 11) is 1.59. The number of pyridine rings is 1. The van der Waals surface area contributed by atoms with Crippen LogP contribution in [0, 0.1) is 6.92 Å². The Balaban J connectivity index is 1.71. The molecule has 0 aliphatic carbocycles. The van der Waals surface area contributed by atoms with Crippen molar-refractivity contribution < 1.29 is 9.53 Å². The molecule has 3 rings (SSSR count). The van der Waals surface area contributed by atoms with Crippen molar-refractivity contribution in [1.82, 2.24) is 4.98 Å². The summed E-state index contributed by atoms with van der Waals surface area (Å²) in [5.74, 6) is 0.399. The van der Waals surface area contributed by atoms with E-state index in [1.165, 1.54) is 0 Å². The Morgan fingerprint density at radius 1 is 1.04 bits per heavy atom. The molecule has 0 radical (unpaired) electrons. The fraction of sp³-hybridized carbons (Fsp3) is 0.100. The maximum absolute atomic E-state index is 12.3. The van der Waals surface area contributed by atoms with Gasteiger partial charge in [0, 0.05) is 10.7 Å². The van der Waals surface area contributed by atoms with E-state index in [-0.39, 0.29) is 5.91 Å². The van der Waals surface area contributed by atoms with E-state index in [1.54, 1.807) is 43.6 Å². The van der Waals surface area contributed by atoms with Gasteiger partial charge in [0.2, 0.25) is 0 Å². The van der Waals surface area contributed by atoms with Crippen LogP contribution >= 0.6 is 11.6 Å². The van der Waals surface area contributed by atoms with Gasteiger partial charge in [-0.25, -0.2) is 4.98 Å². The minimum Gasteiger partial charge on any atom is -0.495 e. The van der Waals surface area contributed by atoms with Crippen LogP contribution in [0.2, 0.25) is 5.02 Å². The number of carbonyl (C=O) groups is 1. The van der Waals surface area contributed by atoms with Gasteiger partial charge in [0.25, 0.3) is 5.91 Å². The Morgan fingerprint density at radius 3 is 2.42 bits per heavy atom. The van der Waals surface area contributed by atoms with Gasteiger partial charge in [-0.3, -0.25) is 4.79 Å². The van der Waals surface area contributed by atoms with Gasteiger partial charge in [0.15, 0.2) is 0 Å². The monoisotopic (exact) mass is 367 g/mol. The summed E-state index contributed by atoms with van der Waals surface area (Å²) >= 11 is 6.03. The van der Waals surface area contributed by atoms with Gasteiger partial charge in [-0.15, -0.1) is 0 Å². The van der Waals surface area contributed by atoms with Crippen molar-refractivity contribution in [2.24, 2.45) is 0 Å². The number of hydrogen-bond donors (Lipinski definition) is 2. The van der Waals surface area contributed by atoms with Crippen LogP contribution in [0.5, 0.6) is 5.75 Å². The Hall–Kier alpha value is -3.05. The number of hydrogen-bond acceptors (Lipinski definition) is 4. The Kier molecular flexibility index (Phi) is 5.39. The summed E-state index contributed by atoms with van der Waals surface area (Å²) in [6.45, 7) is 1.99. The normalized spacial score (nSPS) is 10.3. The molecular weight excluding hydrogens is 350 g/mol. The number of ether oxygens (including phenoxy) is 1.